The molecule has 0 saturated carbocycles. The summed E-state index contributed by atoms with van der Waals surface area (Å²) >= 11 is 5.89. The molecule has 21 heavy (non-hydrogen) atoms. The van der Waals surface area contributed by atoms with Crippen LogP contribution < -0.4 is 5.32 Å². The van der Waals surface area contributed by atoms with Crippen LogP contribution in [0.3, 0.4) is 0 Å². The Kier molecular flexibility index (Phi) is 3.65. The number of benzene rings is 1. The molecule has 106 valence electrons. The molecule has 7 nitrogen and oxygen atoms in total. The first-order valence-corrected chi connectivity index (χ1v) is 6.52. The van der Waals surface area contributed by atoms with Crippen molar-refractivity contribution in [1.82, 2.24) is 24.7 Å². The fourth-order valence-corrected chi connectivity index (χ4v) is 1.86. The molecule has 0 spiro atoms. The lowest BCUT2D eigenvalue weighted by molar-refractivity contribution is 0.475. The van der Waals surface area contributed by atoms with Gasteiger partial charge in [0.05, 0.1) is 0 Å². The van der Waals surface area contributed by atoms with Crippen LogP contribution in [0.4, 0.5) is 5.95 Å². The SMILES string of the molecule is Oc1ccc(CNc2nc(Cl)nc(-n3cccn3)n2)cc1. The van der Waals surface area contributed by atoms with Crippen molar-refractivity contribution >= 4 is 17.5 Å². The Hall–Kier alpha value is -2.67. The van der Waals surface area contributed by atoms with Crippen molar-refractivity contribution in [2.24, 2.45) is 0 Å². The number of phenolic OH excluding ortho intramolecular Hbond substituents is 1. The van der Waals surface area contributed by atoms with Crippen molar-refractivity contribution in [3.8, 4) is 11.7 Å². The zero-order chi connectivity index (χ0) is 14.7. The number of phenols is 1. The molecule has 0 amide bonds. The van der Waals surface area contributed by atoms with Crippen molar-refractivity contribution in [2.45, 2.75) is 6.54 Å². The van der Waals surface area contributed by atoms with Gasteiger partial charge in [0.1, 0.15) is 5.75 Å². The van der Waals surface area contributed by atoms with Crippen LogP contribution in [0.15, 0.2) is 42.7 Å². The Labute approximate surface area is 125 Å². The van der Waals surface area contributed by atoms with Crippen LogP contribution in [0.25, 0.3) is 5.95 Å². The summed E-state index contributed by atoms with van der Waals surface area (Å²) in [5.74, 6) is 0.921. The van der Waals surface area contributed by atoms with Gasteiger partial charge in [0.2, 0.25) is 11.2 Å². The third-order valence-corrected chi connectivity index (χ3v) is 2.86. The Bertz CT molecular complexity index is 729. The number of anilines is 1. The molecule has 0 aliphatic rings. The number of halogens is 1. The molecule has 3 rings (SSSR count). The van der Waals surface area contributed by atoms with Crippen LogP contribution in [-0.4, -0.2) is 29.8 Å². The van der Waals surface area contributed by atoms with Gasteiger partial charge in [0.15, 0.2) is 0 Å². The lowest BCUT2D eigenvalue weighted by Crippen LogP contribution is -2.09. The van der Waals surface area contributed by atoms with E-state index in [0.717, 1.165) is 5.56 Å². The fourth-order valence-electron chi connectivity index (χ4n) is 1.70. The van der Waals surface area contributed by atoms with E-state index >= 15 is 0 Å². The number of hydrogen-bond acceptors (Lipinski definition) is 6. The van der Waals surface area contributed by atoms with Crippen LogP contribution in [0.1, 0.15) is 5.56 Å². The van der Waals surface area contributed by atoms with E-state index in [1.54, 1.807) is 42.7 Å². The minimum absolute atomic E-state index is 0.0868. The molecule has 0 atom stereocenters. The number of aromatic nitrogens is 5. The van der Waals surface area contributed by atoms with E-state index < -0.39 is 0 Å². The zero-order valence-corrected chi connectivity index (χ0v) is 11.6. The van der Waals surface area contributed by atoms with Crippen molar-refractivity contribution in [3.63, 3.8) is 0 Å². The van der Waals surface area contributed by atoms with Gasteiger partial charge in [-0.1, -0.05) is 12.1 Å². The predicted octanol–water partition coefficient (Wildman–Crippen LogP) is 2.03. The topological polar surface area (TPSA) is 88.8 Å². The molecule has 0 radical (unpaired) electrons. The Morgan fingerprint density at radius 3 is 2.67 bits per heavy atom. The fraction of sp³-hybridized carbons (Fsp3) is 0.0769. The number of rotatable bonds is 4. The van der Waals surface area contributed by atoms with Crippen molar-refractivity contribution < 1.29 is 5.11 Å². The van der Waals surface area contributed by atoms with Crippen molar-refractivity contribution in [2.75, 3.05) is 5.32 Å². The van der Waals surface area contributed by atoms with Gasteiger partial charge in [-0.15, -0.1) is 0 Å². The highest BCUT2D eigenvalue weighted by atomic mass is 35.5. The summed E-state index contributed by atoms with van der Waals surface area (Å²) in [5.41, 5.74) is 0.977. The first kappa shape index (κ1) is 13.3. The summed E-state index contributed by atoms with van der Waals surface area (Å²) in [6.45, 7) is 0.499. The Morgan fingerprint density at radius 1 is 1.14 bits per heavy atom. The van der Waals surface area contributed by atoms with E-state index in [0.29, 0.717) is 18.4 Å². The number of nitrogens with zero attached hydrogens (tertiary/aromatic N) is 5. The summed E-state index contributed by atoms with van der Waals surface area (Å²) in [5, 5.41) is 16.4. The Balaban J connectivity index is 1.78. The summed E-state index contributed by atoms with van der Waals surface area (Å²) in [6.07, 6.45) is 3.34. The number of aromatic hydroxyl groups is 1. The summed E-state index contributed by atoms with van der Waals surface area (Å²) in [7, 11) is 0. The largest absolute Gasteiger partial charge is 0.508 e. The number of nitrogens with one attached hydrogen (secondary N) is 1. The third-order valence-electron chi connectivity index (χ3n) is 2.69. The minimum atomic E-state index is 0.0868. The van der Waals surface area contributed by atoms with Crippen LogP contribution in [0, 0.1) is 0 Å². The average molecular weight is 303 g/mol. The lowest BCUT2D eigenvalue weighted by atomic mass is 10.2. The van der Waals surface area contributed by atoms with Crippen LogP contribution >= 0.6 is 11.6 Å². The monoisotopic (exact) mass is 302 g/mol. The molecule has 0 saturated heterocycles. The van der Waals surface area contributed by atoms with E-state index in [1.165, 1.54) is 4.68 Å². The second-order valence-corrected chi connectivity index (χ2v) is 4.54. The molecule has 0 unspecified atom stereocenters. The molecule has 3 aromatic rings. The minimum Gasteiger partial charge on any atom is -0.508 e. The second kappa shape index (κ2) is 5.76. The van der Waals surface area contributed by atoms with Gasteiger partial charge in [-0.05, 0) is 35.4 Å². The Morgan fingerprint density at radius 2 is 1.95 bits per heavy atom. The van der Waals surface area contributed by atoms with Gasteiger partial charge in [-0.2, -0.15) is 20.1 Å². The van der Waals surface area contributed by atoms with E-state index in [1.807, 2.05) is 0 Å². The van der Waals surface area contributed by atoms with E-state index in [4.69, 9.17) is 11.6 Å². The summed E-state index contributed by atoms with van der Waals surface area (Å²) in [4.78, 5) is 12.3. The smallest absolute Gasteiger partial charge is 0.256 e. The average Bonchev–Trinajstić information content (AvgIpc) is 3.00. The number of hydrogen-bond donors (Lipinski definition) is 2. The van der Waals surface area contributed by atoms with Gasteiger partial charge in [-0.3, -0.25) is 0 Å². The quantitative estimate of drug-likeness (QED) is 0.766. The molecule has 8 heteroatoms. The first-order chi connectivity index (χ1) is 10.2. The maximum Gasteiger partial charge on any atom is 0.256 e. The van der Waals surface area contributed by atoms with E-state index in [2.05, 4.69) is 25.4 Å². The van der Waals surface area contributed by atoms with Gasteiger partial charge < -0.3 is 10.4 Å². The molecule has 0 bridgehead atoms. The molecule has 0 aliphatic heterocycles. The lowest BCUT2D eigenvalue weighted by Gasteiger charge is -2.07. The third kappa shape index (κ3) is 3.26. The maximum absolute atomic E-state index is 9.24. The van der Waals surface area contributed by atoms with Crippen molar-refractivity contribution in [1.29, 1.82) is 0 Å². The van der Waals surface area contributed by atoms with Gasteiger partial charge >= 0.3 is 0 Å². The zero-order valence-electron chi connectivity index (χ0n) is 10.8. The molecule has 0 aliphatic carbocycles. The molecule has 2 heterocycles. The molecular formula is C13H11ClN6O. The van der Waals surface area contributed by atoms with Crippen LogP contribution in [-0.2, 0) is 6.54 Å². The van der Waals surface area contributed by atoms with Gasteiger partial charge in [0, 0.05) is 18.9 Å². The van der Waals surface area contributed by atoms with E-state index in [-0.39, 0.29) is 11.0 Å². The highest BCUT2D eigenvalue weighted by Gasteiger charge is 2.07. The van der Waals surface area contributed by atoms with Gasteiger partial charge in [0.25, 0.3) is 5.95 Å². The van der Waals surface area contributed by atoms with Crippen molar-refractivity contribution in [3.05, 3.63) is 53.6 Å². The maximum atomic E-state index is 9.24. The highest BCUT2D eigenvalue weighted by molar-refractivity contribution is 6.28. The highest BCUT2D eigenvalue weighted by Crippen LogP contribution is 2.12. The summed E-state index contributed by atoms with van der Waals surface area (Å²) < 4.78 is 1.50. The first-order valence-electron chi connectivity index (χ1n) is 6.14. The van der Waals surface area contributed by atoms with Gasteiger partial charge in [-0.25, -0.2) is 4.68 Å². The molecule has 2 aromatic heterocycles. The molecule has 1 aromatic carbocycles. The standard InChI is InChI=1S/C13H11ClN6O/c14-11-17-12(15-8-9-2-4-10(21)5-3-9)19-13(18-11)20-7-1-6-16-20/h1-7,21H,8H2,(H,15,17,18,19). The molecular weight excluding hydrogens is 292 g/mol. The molecule has 0 fully saturated rings. The van der Waals surface area contributed by atoms with E-state index in [9.17, 15) is 5.11 Å². The molecule has 2 N–H and O–H groups in total. The van der Waals surface area contributed by atoms with Crippen LogP contribution in [0.2, 0.25) is 5.28 Å². The predicted molar refractivity (Wildman–Crippen MR) is 77.4 cm³/mol. The second-order valence-electron chi connectivity index (χ2n) is 4.20. The normalized spacial score (nSPS) is 10.5. The van der Waals surface area contributed by atoms with Crippen LogP contribution in [0.5, 0.6) is 5.75 Å². The summed E-state index contributed by atoms with van der Waals surface area (Å²) in [6, 6.07) is 8.61.